The molecule has 1 heterocycles. The van der Waals surface area contributed by atoms with Gasteiger partial charge in [-0.1, -0.05) is 13.0 Å². The number of likely N-dealkylation sites (tertiary alicyclic amines) is 1. The summed E-state index contributed by atoms with van der Waals surface area (Å²) in [5.41, 5.74) is 6.62. The molecule has 1 aliphatic rings. The second kappa shape index (κ2) is 4.94. The van der Waals surface area contributed by atoms with Gasteiger partial charge in [0.25, 0.3) is 5.91 Å². The van der Waals surface area contributed by atoms with Crippen molar-refractivity contribution >= 4 is 28.5 Å². The van der Waals surface area contributed by atoms with E-state index in [4.69, 9.17) is 5.73 Å². The highest BCUT2D eigenvalue weighted by Crippen LogP contribution is 2.29. The first-order valence-electron chi connectivity index (χ1n) is 5.79. The van der Waals surface area contributed by atoms with Gasteiger partial charge in [-0.25, -0.2) is 0 Å². The summed E-state index contributed by atoms with van der Waals surface area (Å²) in [6.45, 7) is 4.38. The molecule has 0 radical (unpaired) electrons. The van der Waals surface area contributed by atoms with Crippen LogP contribution in [0.1, 0.15) is 23.7 Å². The number of nitrogens with two attached hydrogens (primary N) is 1. The summed E-state index contributed by atoms with van der Waals surface area (Å²) in [6, 6.07) is 7.72. The van der Waals surface area contributed by atoms with Gasteiger partial charge in [-0.15, -0.1) is 0 Å². The fourth-order valence-corrected chi connectivity index (χ4v) is 2.71. The molecule has 4 heteroatoms. The van der Waals surface area contributed by atoms with Gasteiger partial charge in [0.2, 0.25) is 0 Å². The Morgan fingerprint density at radius 2 is 2.35 bits per heavy atom. The highest BCUT2D eigenvalue weighted by Gasteiger charge is 2.35. The number of amides is 1. The Morgan fingerprint density at radius 3 is 2.94 bits per heavy atom. The number of carbonyl (C=O) groups excluding carboxylic acids is 1. The summed E-state index contributed by atoms with van der Waals surface area (Å²) in [5.74, 6) is 0.126. The van der Waals surface area contributed by atoms with Crippen LogP contribution in [0.5, 0.6) is 0 Å². The number of hydrogen-bond acceptors (Lipinski definition) is 2. The van der Waals surface area contributed by atoms with Crippen molar-refractivity contribution in [2.75, 3.05) is 19.6 Å². The lowest BCUT2D eigenvalue weighted by atomic mass is 9.90. The van der Waals surface area contributed by atoms with E-state index in [9.17, 15) is 4.79 Å². The van der Waals surface area contributed by atoms with Crippen LogP contribution in [0.2, 0.25) is 0 Å². The third-order valence-electron chi connectivity index (χ3n) is 3.41. The Labute approximate surface area is 116 Å². The first kappa shape index (κ1) is 12.8. The van der Waals surface area contributed by atoms with Crippen LogP contribution in [0.25, 0.3) is 0 Å². The van der Waals surface area contributed by atoms with E-state index in [2.05, 4.69) is 29.5 Å². The van der Waals surface area contributed by atoms with Crippen LogP contribution < -0.4 is 5.73 Å². The van der Waals surface area contributed by atoms with Crippen molar-refractivity contribution in [3.05, 3.63) is 33.4 Å². The molecule has 1 amide bonds. The van der Waals surface area contributed by atoms with Crippen LogP contribution >= 0.6 is 22.6 Å². The number of nitrogens with zero attached hydrogens (tertiary/aromatic N) is 1. The van der Waals surface area contributed by atoms with Crippen molar-refractivity contribution < 1.29 is 4.79 Å². The predicted molar refractivity (Wildman–Crippen MR) is 76.8 cm³/mol. The number of hydrogen-bond donors (Lipinski definition) is 1. The van der Waals surface area contributed by atoms with Gasteiger partial charge in [0.05, 0.1) is 0 Å². The van der Waals surface area contributed by atoms with E-state index < -0.39 is 0 Å². The zero-order valence-electron chi connectivity index (χ0n) is 9.95. The third kappa shape index (κ3) is 2.80. The van der Waals surface area contributed by atoms with Crippen LogP contribution in [-0.2, 0) is 0 Å². The van der Waals surface area contributed by atoms with Gasteiger partial charge < -0.3 is 10.6 Å². The van der Waals surface area contributed by atoms with Crippen molar-refractivity contribution in [1.82, 2.24) is 4.90 Å². The van der Waals surface area contributed by atoms with E-state index in [0.717, 1.165) is 28.6 Å². The van der Waals surface area contributed by atoms with Gasteiger partial charge in [-0.05, 0) is 59.2 Å². The predicted octanol–water partition coefficient (Wildman–Crippen LogP) is 2.10. The van der Waals surface area contributed by atoms with E-state index in [1.807, 2.05) is 29.2 Å². The third-order valence-corrected chi connectivity index (χ3v) is 4.08. The average molecular weight is 344 g/mol. The highest BCUT2D eigenvalue weighted by molar-refractivity contribution is 14.1. The summed E-state index contributed by atoms with van der Waals surface area (Å²) < 4.78 is 1.09. The minimum absolute atomic E-state index is 0.0948. The number of benzene rings is 1. The van der Waals surface area contributed by atoms with E-state index >= 15 is 0 Å². The number of halogens is 1. The van der Waals surface area contributed by atoms with Crippen molar-refractivity contribution in [3.8, 4) is 0 Å². The molecule has 0 aliphatic carbocycles. The quantitative estimate of drug-likeness (QED) is 0.836. The molecule has 1 aliphatic heterocycles. The minimum atomic E-state index is 0.0948. The second-order valence-corrected chi connectivity index (χ2v) is 6.25. The summed E-state index contributed by atoms with van der Waals surface area (Å²) in [5, 5.41) is 0. The lowest BCUT2D eigenvalue weighted by Gasteiger charge is -2.22. The normalized spacial score (nSPS) is 24.1. The molecular formula is C13H17IN2O. The second-order valence-electron chi connectivity index (χ2n) is 5.00. The van der Waals surface area contributed by atoms with E-state index in [1.54, 1.807) is 0 Å². The maximum absolute atomic E-state index is 12.3. The molecule has 3 nitrogen and oxygen atoms in total. The Kier molecular flexibility index (Phi) is 3.73. The van der Waals surface area contributed by atoms with Crippen LogP contribution in [0.4, 0.5) is 0 Å². The molecule has 2 rings (SSSR count). The molecule has 1 unspecified atom stereocenters. The first-order chi connectivity index (χ1) is 8.04. The Balaban J connectivity index is 2.12. The van der Waals surface area contributed by atoms with E-state index in [0.29, 0.717) is 6.54 Å². The lowest BCUT2D eigenvalue weighted by molar-refractivity contribution is 0.0777. The average Bonchev–Trinajstić information content (AvgIpc) is 2.72. The standard InChI is InChI=1S/C13H17IN2O/c1-13(8-15)5-6-16(9-13)12(17)10-3-2-4-11(14)7-10/h2-4,7H,5-6,8-9,15H2,1H3. The molecule has 0 saturated carbocycles. The van der Waals surface area contributed by atoms with Crippen molar-refractivity contribution in [1.29, 1.82) is 0 Å². The van der Waals surface area contributed by atoms with Gasteiger partial charge in [-0.3, -0.25) is 4.79 Å². The molecule has 0 spiro atoms. The fourth-order valence-electron chi connectivity index (χ4n) is 2.17. The fraction of sp³-hybridized carbons (Fsp3) is 0.462. The van der Waals surface area contributed by atoms with Crippen molar-refractivity contribution in [3.63, 3.8) is 0 Å². The largest absolute Gasteiger partial charge is 0.338 e. The molecule has 17 heavy (non-hydrogen) atoms. The van der Waals surface area contributed by atoms with Crippen LogP contribution in [0, 0.1) is 8.99 Å². The molecule has 0 aromatic heterocycles. The number of rotatable bonds is 2. The monoisotopic (exact) mass is 344 g/mol. The molecule has 1 aromatic rings. The zero-order valence-corrected chi connectivity index (χ0v) is 12.1. The smallest absolute Gasteiger partial charge is 0.253 e. The minimum Gasteiger partial charge on any atom is -0.338 e. The molecule has 1 fully saturated rings. The molecule has 1 aromatic carbocycles. The van der Waals surface area contributed by atoms with E-state index in [1.165, 1.54) is 0 Å². The molecule has 1 saturated heterocycles. The van der Waals surface area contributed by atoms with Crippen LogP contribution in [-0.4, -0.2) is 30.4 Å². The van der Waals surface area contributed by atoms with Gasteiger partial charge in [-0.2, -0.15) is 0 Å². The Bertz CT molecular complexity index is 435. The lowest BCUT2D eigenvalue weighted by Crippen LogP contribution is -2.34. The number of carbonyl (C=O) groups is 1. The Morgan fingerprint density at radius 1 is 1.59 bits per heavy atom. The van der Waals surface area contributed by atoms with Gasteiger partial charge in [0.1, 0.15) is 0 Å². The molecule has 0 bridgehead atoms. The van der Waals surface area contributed by atoms with Gasteiger partial charge in [0.15, 0.2) is 0 Å². The maximum Gasteiger partial charge on any atom is 0.253 e. The topological polar surface area (TPSA) is 46.3 Å². The van der Waals surface area contributed by atoms with Gasteiger partial charge >= 0.3 is 0 Å². The van der Waals surface area contributed by atoms with E-state index in [-0.39, 0.29) is 11.3 Å². The van der Waals surface area contributed by atoms with Crippen LogP contribution in [0.15, 0.2) is 24.3 Å². The zero-order chi connectivity index (χ0) is 12.5. The highest BCUT2D eigenvalue weighted by atomic mass is 127. The maximum atomic E-state index is 12.3. The summed E-state index contributed by atoms with van der Waals surface area (Å²) in [4.78, 5) is 14.2. The van der Waals surface area contributed by atoms with Crippen LogP contribution in [0.3, 0.4) is 0 Å². The van der Waals surface area contributed by atoms with Crippen molar-refractivity contribution in [2.24, 2.45) is 11.1 Å². The molecular weight excluding hydrogens is 327 g/mol. The SMILES string of the molecule is CC1(CN)CCN(C(=O)c2cccc(I)c2)C1. The van der Waals surface area contributed by atoms with Gasteiger partial charge in [0, 0.05) is 22.2 Å². The Hall–Kier alpha value is -0.620. The molecule has 1 atom stereocenters. The van der Waals surface area contributed by atoms with Crippen molar-refractivity contribution in [2.45, 2.75) is 13.3 Å². The first-order valence-corrected chi connectivity index (χ1v) is 6.87. The molecule has 2 N–H and O–H groups in total. The summed E-state index contributed by atoms with van der Waals surface area (Å²) in [6.07, 6.45) is 0.999. The summed E-state index contributed by atoms with van der Waals surface area (Å²) >= 11 is 2.23. The molecule has 92 valence electrons. The summed E-state index contributed by atoms with van der Waals surface area (Å²) in [7, 11) is 0.